The lowest BCUT2D eigenvalue weighted by atomic mass is 10.2. The molecule has 0 nitrogen and oxygen atoms in total. The molecule has 0 fully saturated rings. The van der Waals surface area contributed by atoms with Gasteiger partial charge in [-0.05, 0) is 26.3 Å². The van der Waals surface area contributed by atoms with E-state index in [2.05, 4.69) is 5.92 Å². The average molecular weight is 120 g/mol. The van der Waals surface area contributed by atoms with Crippen LogP contribution in [0.4, 0.5) is 0 Å². The first-order valence-electron chi connectivity index (χ1n) is 2.95. The largest absolute Gasteiger partial charge is 0.115 e. The van der Waals surface area contributed by atoms with Crippen molar-refractivity contribution in [2.45, 2.75) is 20.8 Å². The van der Waals surface area contributed by atoms with Crippen molar-refractivity contribution < 1.29 is 0 Å². The third kappa shape index (κ3) is 4.90. The van der Waals surface area contributed by atoms with Crippen LogP contribution in [0.1, 0.15) is 20.8 Å². The van der Waals surface area contributed by atoms with Crippen LogP contribution in [-0.2, 0) is 0 Å². The van der Waals surface area contributed by atoms with Gasteiger partial charge < -0.3 is 0 Å². The summed E-state index contributed by atoms with van der Waals surface area (Å²) in [5.74, 6) is 2.54. The summed E-state index contributed by atoms with van der Waals surface area (Å²) in [6.07, 6.45) is 9.06. The Hall–Kier alpha value is -0.960. The molecule has 0 N–H and O–H groups in total. The highest BCUT2D eigenvalue weighted by Gasteiger charge is 1.75. The molecule has 0 aromatic heterocycles. The molecular formula is C9H12. The number of rotatable bonds is 1. The summed E-state index contributed by atoms with van der Waals surface area (Å²) in [6.45, 7) is 6.00. The third-order valence-electron chi connectivity index (χ3n) is 0.894. The highest BCUT2D eigenvalue weighted by molar-refractivity contribution is 5.27. The minimum absolute atomic E-state index is 0.969. The minimum Gasteiger partial charge on any atom is -0.115 e. The lowest BCUT2D eigenvalue weighted by Gasteiger charge is -1.83. The van der Waals surface area contributed by atoms with Crippen LogP contribution in [0.15, 0.2) is 23.3 Å². The fourth-order valence-electron chi connectivity index (χ4n) is 0.340. The van der Waals surface area contributed by atoms with E-state index in [1.807, 2.05) is 32.9 Å². The summed E-state index contributed by atoms with van der Waals surface area (Å²) in [7, 11) is 0. The molecule has 0 rings (SSSR count). The number of allylic oxidation sites excluding steroid dienone is 4. The number of terminal acetylenes is 1. The van der Waals surface area contributed by atoms with Gasteiger partial charge in [-0.15, -0.1) is 6.42 Å². The molecule has 9 heavy (non-hydrogen) atoms. The Kier molecular flexibility index (Phi) is 3.55. The van der Waals surface area contributed by atoms with E-state index in [4.69, 9.17) is 6.42 Å². The molecule has 0 heteroatoms. The topological polar surface area (TPSA) is 0 Å². The van der Waals surface area contributed by atoms with Crippen molar-refractivity contribution in [3.8, 4) is 12.3 Å². The van der Waals surface area contributed by atoms with Gasteiger partial charge in [0, 0.05) is 0 Å². The molecule has 0 aromatic rings. The highest BCUT2D eigenvalue weighted by atomic mass is 13.8. The molecule has 0 atom stereocenters. The van der Waals surface area contributed by atoms with Crippen LogP contribution < -0.4 is 0 Å². The van der Waals surface area contributed by atoms with Crippen molar-refractivity contribution in [1.29, 1.82) is 0 Å². The molecule has 0 aromatic carbocycles. The molecule has 0 saturated carbocycles. The zero-order valence-electron chi connectivity index (χ0n) is 6.23. The van der Waals surface area contributed by atoms with Gasteiger partial charge in [0.2, 0.25) is 0 Å². The lowest BCUT2D eigenvalue weighted by molar-refractivity contribution is 1.39. The molecule has 0 heterocycles. The zero-order chi connectivity index (χ0) is 7.28. The van der Waals surface area contributed by atoms with Crippen LogP contribution >= 0.6 is 0 Å². The van der Waals surface area contributed by atoms with E-state index in [1.54, 1.807) is 0 Å². The summed E-state index contributed by atoms with van der Waals surface area (Å²) in [5, 5.41) is 0. The third-order valence-corrected chi connectivity index (χ3v) is 0.894. The molecule has 0 saturated heterocycles. The molecule has 0 aliphatic rings. The van der Waals surface area contributed by atoms with Crippen LogP contribution in [0, 0.1) is 12.3 Å². The van der Waals surface area contributed by atoms with E-state index in [0.717, 1.165) is 5.57 Å². The number of hydrogen-bond donors (Lipinski definition) is 0. The van der Waals surface area contributed by atoms with Gasteiger partial charge in [-0.1, -0.05) is 23.6 Å². The number of hydrogen-bond acceptors (Lipinski definition) is 0. The summed E-state index contributed by atoms with van der Waals surface area (Å²) in [6, 6.07) is 0. The Labute approximate surface area is 57.3 Å². The molecular weight excluding hydrogens is 108 g/mol. The Morgan fingerprint density at radius 3 is 2.11 bits per heavy atom. The fourth-order valence-corrected chi connectivity index (χ4v) is 0.340. The fraction of sp³-hybridized carbons (Fsp3) is 0.333. The molecule has 48 valence electrons. The second-order valence-electron chi connectivity index (χ2n) is 2.24. The smallest absolute Gasteiger partial charge is 0.00135 e. The van der Waals surface area contributed by atoms with Crippen molar-refractivity contribution in [2.75, 3.05) is 0 Å². The molecule has 0 amide bonds. The van der Waals surface area contributed by atoms with E-state index in [-0.39, 0.29) is 0 Å². The van der Waals surface area contributed by atoms with Gasteiger partial charge in [-0.2, -0.15) is 0 Å². The van der Waals surface area contributed by atoms with Crippen molar-refractivity contribution in [3.05, 3.63) is 23.3 Å². The van der Waals surface area contributed by atoms with E-state index < -0.39 is 0 Å². The van der Waals surface area contributed by atoms with Gasteiger partial charge >= 0.3 is 0 Å². The first-order chi connectivity index (χ1) is 4.16. The van der Waals surface area contributed by atoms with Crippen LogP contribution in [0.25, 0.3) is 0 Å². The lowest BCUT2D eigenvalue weighted by Crippen LogP contribution is -1.65. The molecule has 0 radical (unpaired) electrons. The van der Waals surface area contributed by atoms with Gasteiger partial charge in [-0.3, -0.25) is 0 Å². The SMILES string of the molecule is C#C/C(C)=C\C=C(C)C. The summed E-state index contributed by atoms with van der Waals surface area (Å²) >= 11 is 0. The van der Waals surface area contributed by atoms with Gasteiger partial charge in [0.1, 0.15) is 0 Å². The van der Waals surface area contributed by atoms with Gasteiger partial charge in [0.25, 0.3) is 0 Å². The van der Waals surface area contributed by atoms with Crippen LogP contribution in [-0.4, -0.2) is 0 Å². The first kappa shape index (κ1) is 8.04. The summed E-state index contributed by atoms with van der Waals surface area (Å²) < 4.78 is 0. The van der Waals surface area contributed by atoms with E-state index in [0.29, 0.717) is 0 Å². The average Bonchev–Trinajstić information content (AvgIpc) is 1.83. The second-order valence-corrected chi connectivity index (χ2v) is 2.24. The quantitative estimate of drug-likeness (QED) is 0.368. The summed E-state index contributed by atoms with van der Waals surface area (Å²) in [5.41, 5.74) is 2.24. The first-order valence-corrected chi connectivity index (χ1v) is 2.95. The minimum atomic E-state index is 0.969. The maximum absolute atomic E-state index is 5.11. The van der Waals surface area contributed by atoms with E-state index in [1.165, 1.54) is 5.57 Å². The van der Waals surface area contributed by atoms with E-state index in [9.17, 15) is 0 Å². The Morgan fingerprint density at radius 1 is 1.22 bits per heavy atom. The predicted octanol–water partition coefficient (Wildman–Crippen LogP) is 2.53. The van der Waals surface area contributed by atoms with Crippen molar-refractivity contribution in [1.82, 2.24) is 0 Å². The maximum atomic E-state index is 5.11. The Morgan fingerprint density at radius 2 is 1.78 bits per heavy atom. The standard InChI is InChI=1S/C9H12/c1-5-9(4)7-6-8(2)3/h1,6-7H,2-4H3/b9-7-. The summed E-state index contributed by atoms with van der Waals surface area (Å²) in [4.78, 5) is 0. The van der Waals surface area contributed by atoms with Gasteiger partial charge in [0.15, 0.2) is 0 Å². The van der Waals surface area contributed by atoms with Crippen molar-refractivity contribution in [3.63, 3.8) is 0 Å². The molecule has 0 unspecified atom stereocenters. The van der Waals surface area contributed by atoms with E-state index >= 15 is 0 Å². The van der Waals surface area contributed by atoms with Gasteiger partial charge in [0.05, 0.1) is 0 Å². The normalized spacial score (nSPS) is 10.2. The second kappa shape index (κ2) is 3.97. The van der Waals surface area contributed by atoms with Gasteiger partial charge in [-0.25, -0.2) is 0 Å². The molecule has 0 aliphatic carbocycles. The van der Waals surface area contributed by atoms with Crippen LogP contribution in [0.5, 0.6) is 0 Å². The van der Waals surface area contributed by atoms with Crippen molar-refractivity contribution >= 4 is 0 Å². The molecule has 0 bridgehead atoms. The molecule has 0 aliphatic heterocycles. The monoisotopic (exact) mass is 120 g/mol. The Bertz CT molecular complexity index is 171. The zero-order valence-corrected chi connectivity index (χ0v) is 6.23. The van der Waals surface area contributed by atoms with Crippen molar-refractivity contribution in [2.24, 2.45) is 0 Å². The predicted molar refractivity (Wildman–Crippen MR) is 42.0 cm³/mol. The highest BCUT2D eigenvalue weighted by Crippen LogP contribution is 1.93. The molecule has 0 spiro atoms. The Balaban J connectivity index is 4.03. The van der Waals surface area contributed by atoms with Crippen LogP contribution in [0.3, 0.4) is 0 Å². The van der Waals surface area contributed by atoms with Crippen LogP contribution in [0.2, 0.25) is 0 Å². The maximum Gasteiger partial charge on any atom is -0.00135 e.